The average Bonchev–Trinajstić information content (AvgIpc) is 2.92. The normalized spacial score (nSPS) is 10.7. The van der Waals surface area contributed by atoms with Gasteiger partial charge in [-0.15, -0.1) is 0 Å². The van der Waals surface area contributed by atoms with E-state index in [1.165, 1.54) is 0 Å². The van der Waals surface area contributed by atoms with Crippen molar-refractivity contribution in [3.05, 3.63) is 42.2 Å². The van der Waals surface area contributed by atoms with E-state index < -0.39 is 0 Å². The van der Waals surface area contributed by atoms with Gasteiger partial charge in [0.25, 0.3) is 0 Å². The van der Waals surface area contributed by atoms with Gasteiger partial charge in [0, 0.05) is 24.2 Å². The second-order valence-electron chi connectivity index (χ2n) is 4.46. The molecule has 0 unspecified atom stereocenters. The molecule has 0 atom stereocenters. The van der Waals surface area contributed by atoms with E-state index in [-0.39, 0.29) is 0 Å². The minimum atomic E-state index is 0.598. The van der Waals surface area contributed by atoms with Crippen LogP contribution in [0.3, 0.4) is 0 Å². The maximum atomic E-state index is 6.02. The molecule has 0 aliphatic heterocycles. The van der Waals surface area contributed by atoms with E-state index in [0.29, 0.717) is 18.1 Å². The number of hydrogen-bond acceptors (Lipinski definition) is 5. The highest BCUT2D eigenvalue weighted by Gasteiger charge is 2.04. The summed E-state index contributed by atoms with van der Waals surface area (Å²) in [6.07, 6.45) is 3.47. The van der Waals surface area contributed by atoms with Gasteiger partial charge in [0.1, 0.15) is 0 Å². The maximum absolute atomic E-state index is 6.02. The molecule has 3 rings (SSSR count). The third kappa shape index (κ3) is 2.35. The van der Waals surface area contributed by atoms with Crippen LogP contribution in [-0.2, 0) is 6.54 Å². The summed E-state index contributed by atoms with van der Waals surface area (Å²) in [7, 11) is 1.60. The lowest BCUT2D eigenvalue weighted by Gasteiger charge is -2.10. The number of H-pyrrole nitrogens is 1. The summed E-state index contributed by atoms with van der Waals surface area (Å²) >= 11 is 0. The number of hydrogen-bond donors (Lipinski definition) is 3. The Labute approximate surface area is 116 Å². The number of nitrogens with two attached hydrogens (primary N) is 1. The average molecular weight is 269 g/mol. The molecule has 102 valence electrons. The number of pyridine rings is 1. The smallest absolute Gasteiger partial charge is 0.213 e. The van der Waals surface area contributed by atoms with Gasteiger partial charge in [0.05, 0.1) is 30.2 Å². The molecule has 0 aliphatic carbocycles. The molecular weight excluding hydrogens is 254 g/mol. The number of rotatable bonds is 4. The molecule has 0 amide bonds. The van der Waals surface area contributed by atoms with Crippen molar-refractivity contribution in [2.45, 2.75) is 6.54 Å². The molecule has 3 aromatic rings. The number of nitrogen functional groups attached to an aromatic ring is 1. The van der Waals surface area contributed by atoms with Crippen LogP contribution in [0.1, 0.15) is 5.56 Å². The first-order valence-electron chi connectivity index (χ1n) is 6.21. The molecule has 20 heavy (non-hydrogen) atoms. The highest BCUT2D eigenvalue weighted by Crippen LogP contribution is 2.25. The van der Waals surface area contributed by atoms with E-state index in [9.17, 15) is 0 Å². The molecule has 0 saturated carbocycles. The molecule has 2 aromatic heterocycles. The van der Waals surface area contributed by atoms with Gasteiger partial charge in [-0.1, -0.05) is 0 Å². The second-order valence-corrected chi connectivity index (χ2v) is 4.46. The Hall–Kier alpha value is -2.76. The number of fused-ring (bicyclic) bond motifs is 1. The number of aromatic amines is 1. The fourth-order valence-electron chi connectivity index (χ4n) is 2.03. The van der Waals surface area contributed by atoms with Crippen LogP contribution in [0.5, 0.6) is 5.88 Å². The lowest BCUT2D eigenvalue weighted by molar-refractivity contribution is 0.397. The third-order valence-electron chi connectivity index (χ3n) is 3.10. The van der Waals surface area contributed by atoms with Crippen LogP contribution < -0.4 is 15.8 Å². The van der Waals surface area contributed by atoms with Crippen molar-refractivity contribution >= 4 is 22.3 Å². The van der Waals surface area contributed by atoms with Gasteiger partial charge in [-0.25, -0.2) is 4.98 Å². The molecular formula is C14H15N5O. The summed E-state index contributed by atoms with van der Waals surface area (Å²) in [6, 6.07) is 7.67. The molecule has 0 aliphatic rings. The van der Waals surface area contributed by atoms with Crippen molar-refractivity contribution in [3.8, 4) is 5.88 Å². The van der Waals surface area contributed by atoms with Crippen molar-refractivity contribution in [2.24, 2.45) is 0 Å². The molecule has 6 heteroatoms. The molecule has 2 heterocycles. The number of nitrogens with one attached hydrogen (secondary N) is 2. The molecule has 1 aromatic carbocycles. The number of ether oxygens (including phenoxy) is 1. The van der Waals surface area contributed by atoms with Gasteiger partial charge in [0.2, 0.25) is 5.88 Å². The van der Waals surface area contributed by atoms with Crippen molar-refractivity contribution in [1.82, 2.24) is 15.2 Å². The lowest BCUT2D eigenvalue weighted by Crippen LogP contribution is -2.03. The highest BCUT2D eigenvalue weighted by atomic mass is 16.5. The van der Waals surface area contributed by atoms with E-state index in [1.807, 2.05) is 24.3 Å². The predicted octanol–water partition coefficient (Wildman–Crippen LogP) is 2.16. The van der Waals surface area contributed by atoms with E-state index in [0.717, 1.165) is 22.2 Å². The zero-order valence-corrected chi connectivity index (χ0v) is 11.1. The zero-order valence-electron chi connectivity index (χ0n) is 11.1. The Bertz CT molecular complexity index is 737. The fraction of sp³-hybridized carbons (Fsp3) is 0.143. The molecule has 0 fully saturated rings. The van der Waals surface area contributed by atoms with Gasteiger partial charge >= 0.3 is 0 Å². The van der Waals surface area contributed by atoms with Crippen LogP contribution in [0.2, 0.25) is 0 Å². The summed E-state index contributed by atoms with van der Waals surface area (Å²) in [6.45, 7) is 0.642. The first-order chi connectivity index (χ1) is 9.76. The quantitative estimate of drug-likeness (QED) is 0.632. The number of anilines is 2. The van der Waals surface area contributed by atoms with Gasteiger partial charge in [0.15, 0.2) is 0 Å². The fourth-order valence-corrected chi connectivity index (χ4v) is 2.03. The minimum Gasteiger partial charge on any atom is -0.481 e. The van der Waals surface area contributed by atoms with Gasteiger partial charge in [-0.2, -0.15) is 5.10 Å². The van der Waals surface area contributed by atoms with Gasteiger partial charge < -0.3 is 15.8 Å². The Morgan fingerprint density at radius 2 is 2.25 bits per heavy atom. The minimum absolute atomic E-state index is 0.598. The van der Waals surface area contributed by atoms with Crippen LogP contribution >= 0.6 is 0 Å². The Morgan fingerprint density at radius 1 is 1.35 bits per heavy atom. The number of methoxy groups -OCH3 is 1. The summed E-state index contributed by atoms with van der Waals surface area (Å²) in [5.74, 6) is 0.598. The first-order valence-corrected chi connectivity index (χ1v) is 6.21. The highest BCUT2D eigenvalue weighted by molar-refractivity contribution is 5.88. The monoisotopic (exact) mass is 269 g/mol. The van der Waals surface area contributed by atoms with Crippen molar-refractivity contribution in [3.63, 3.8) is 0 Å². The second kappa shape index (κ2) is 5.08. The van der Waals surface area contributed by atoms with Crippen molar-refractivity contribution < 1.29 is 4.74 Å². The molecule has 0 radical (unpaired) electrons. The SMILES string of the molecule is COc1cc(CNc2cc3[nH]ncc3cc2N)ccn1. The lowest BCUT2D eigenvalue weighted by atomic mass is 10.2. The Morgan fingerprint density at radius 3 is 3.10 bits per heavy atom. The van der Waals surface area contributed by atoms with Crippen LogP contribution in [-0.4, -0.2) is 22.3 Å². The van der Waals surface area contributed by atoms with Gasteiger partial charge in [-0.05, 0) is 23.8 Å². The van der Waals surface area contributed by atoms with E-state index >= 15 is 0 Å². The Kier molecular flexibility index (Phi) is 3.12. The largest absolute Gasteiger partial charge is 0.481 e. The van der Waals surface area contributed by atoms with Crippen LogP contribution in [0.4, 0.5) is 11.4 Å². The third-order valence-corrected chi connectivity index (χ3v) is 3.10. The topological polar surface area (TPSA) is 88.8 Å². The number of benzene rings is 1. The first kappa shape index (κ1) is 12.3. The van der Waals surface area contributed by atoms with E-state index in [4.69, 9.17) is 10.5 Å². The predicted molar refractivity (Wildman–Crippen MR) is 78.6 cm³/mol. The summed E-state index contributed by atoms with van der Waals surface area (Å²) in [4.78, 5) is 4.08. The molecule has 0 bridgehead atoms. The molecule has 4 N–H and O–H groups in total. The standard InChI is InChI=1S/C14H15N5O/c1-20-14-4-9(2-3-16-14)7-17-13-6-12-10(5-11(13)15)8-18-19-12/h2-6,8,17H,7,15H2,1H3,(H,18,19). The molecule has 6 nitrogen and oxygen atoms in total. The van der Waals surface area contributed by atoms with E-state index in [1.54, 1.807) is 19.5 Å². The summed E-state index contributed by atoms with van der Waals surface area (Å²) in [5, 5.41) is 11.2. The molecule has 0 saturated heterocycles. The van der Waals surface area contributed by atoms with Crippen LogP contribution in [0.25, 0.3) is 10.9 Å². The van der Waals surface area contributed by atoms with Crippen LogP contribution in [0, 0.1) is 0 Å². The number of nitrogens with zero attached hydrogens (tertiary/aromatic N) is 2. The summed E-state index contributed by atoms with van der Waals surface area (Å²) in [5.41, 5.74) is 9.62. The van der Waals surface area contributed by atoms with Crippen molar-refractivity contribution in [1.29, 1.82) is 0 Å². The maximum Gasteiger partial charge on any atom is 0.213 e. The zero-order chi connectivity index (χ0) is 13.9. The van der Waals surface area contributed by atoms with Gasteiger partial charge in [-0.3, -0.25) is 5.10 Å². The Balaban J connectivity index is 1.80. The van der Waals surface area contributed by atoms with Crippen LogP contribution in [0.15, 0.2) is 36.7 Å². The molecule has 0 spiro atoms. The van der Waals surface area contributed by atoms with E-state index in [2.05, 4.69) is 20.5 Å². The number of aromatic nitrogens is 3. The summed E-state index contributed by atoms with van der Waals surface area (Å²) < 4.78 is 5.10. The van der Waals surface area contributed by atoms with Crippen molar-refractivity contribution in [2.75, 3.05) is 18.2 Å².